The first kappa shape index (κ1) is 20.1. The molecule has 8 heteroatoms. The Labute approximate surface area is 169 Å². The summed E-state index contributed by atoms with van der Waals surface area (Å²) in [6, 6.07) is 9.90. The van der Waals surface area contributed by atoms with E-state index in [2.05, 4.69) is 15.6 Å². The van der Waals surface area contributed by atoms with Gasteiger partial charge in [0.05, 0.1) is 18.8 Å². The van der Waals surface area contributed by atoms with Gasteiger partial charge in [-0.2, -0.15) is 0 Å². The highest BCUT2D eigenvalue weighted by Crippen LogP contribution is 2.27. The first-order valence-corrected chi connectivity index (χ1v) is 10.4. The minimum Gasteiger partial charge on any atom is -0.450 e. The fourth-order valence-electron chi connectivity index (χ4n) is 3.11. The minimum atomic E-state index is -0.278. The maximum atomic E-state index is 12.2. The van der Waals surface area contributed by atoms with Gasteiger partial charge < -0.3 is 20.3 Å². The molecule has 150 valence electrons. The van der Waals surface area contributed by atoms with Gasteiger partial charge >= 0.3 is 12.1 Å². The minimum absolute atomic E-state index is 0.0631. The zero-order valence-corrected chi connectivity index (χ0v) is 17.1. The van der Waals surface area contributed by atoms with Crippen LogP contribution < -0.4 is 10.6 Å². The Balaban J connectivity index is 1.45. The second kappa shape index (κ2) is 9.54. The number of thiazole rings is 1. The van der Waals surface area contributed by atoms with Crippen molar-refractivity contribution >= 4 is 23.5 Å². The molecule has 1 aliphatic rings. The van der Waals surface area contributed by atoms with E-state index in [0.29, 0.717) is 26.2 Å². The molecule has 28 heavy (non-hydrogen) atoms. The summed E-state index contributed by atoms with van der Waals surface area (Å²) in [6.45, 7) is 5.77. The number of carbonyl (C=O) groups excluding carboxylic acids is 2. The fourth-order valence-corrected chi connectivity index (χ4v) is 4.12. The molecule has 0 saturated carbocycles. The Morgan fingerprint density at radius 1 is 1.25 bits per heavy atom. The molecule has 3 amide bonds. The third-order valence-electron chi connectivity index (χ3n) is 4.68. The van der Waals surface area contributed by atoms with Crippen LogP contribution in [0.25, 0.3) is 10.6 Å². The molecule has 0 unspecified atom stereocenters. The first-order chi connectivity index (χ1) is 13.6. The number of piperidine rings is 1. The van der Waals surface area contributed by atoms with Crippen LogP contribution in [0.2, 0.25) is 0 Å². The number of aromatic nitrogens is 1. The number of benzene rings is 1. The van der Waals surface area contributed by atoms with Crippen molar-refractivity contribution < 1.29 is 14.3 Å². The molecule has 0 aliphatic carbocycles. The SMILES string of the molecule is CCOC(=O)N1CCC(NC(=O)NCc2sc(-c3ccccc3)nc2C)CC1. The predicted octanol–water partition coefficient (Wildman–Crippen LogP) is 3.54. The molecule has 3 rings (SSSR count). The van der Waals surface area contributed by atoms with Gasteiger partial charge in [0, 0.05) is 29.6 Å². The van der Waals surface area contributed by atoms with Gasteiger partial charge in [-0.05, 0) is 26.7 Å². The van der Waals surface area contributed by atoms with Gasteiger partial charge in [0.2, 0.25) is 0 Å². The molecule has 2 N–H and O–H groups in total. The normalized spacial score (nSPS) is 14.6. The number of hydrogen-bond donors (Lipinski definition) is 2. The summed E-state index contributed by atoms with van der Waals surface area (Å²) in [7, 11) is 0. The monoisotopic (exact) mass is 402 g/mol. The molecule has 0 bridgehead atoms. The van der Waals surface area contributed by atoms with E-state index < -0.39 is 0 Å². The van der Waals surface area contributed by atoms with Crippen molar-refractivity contribution in [1.82, 2.24) is 20.5 Å². The van der Waals surface area contributed by atoms with E-state index in [1.807, 2.05) is 37.3 Å². The van der Waals surface area contributed by atoms with Gasteiger partial charge in [0.25, 0.3) is 0 Å². The van der Waals surface area contributed by atoms with Crippen molar-refractivity contribution in [3.63, 3.8) is 0 Å². The van der Waals surface area contributed by atoms with Crippen LogP contribution in [0, 0.1) is 6.92 Å². The van der Waals surface area contributed by atoms with Crippen LogP contribution in [0.15, 0.2) is 30.3 Å². The Hall–Kier alpha value is -2.61. The van der Waals surface area contributed by atoms with E-state index in [1.54, 1.807) is 23.2 Å². The lowest BCUT2D eigenvalue weighted by Gasteiger charge is -2.31. The highest BCUT2D eigenvalue weighted by Gasteiger charge is 2.24. The number of amides is 3. The maximum Gasteiger partial charge on any atom is 0.409 e. The number of ether oxygens (including phenoxy) is 1. The fraction of sp³-hybridized carbons (Fsp3) is 0.450. The zero-order valence-electron chi connectivity index (χ0n) is 16.2. The Bertz CT molecular complexity index is 801. The zero-order chi connectivity index (χ0) is 19.9. The Kier molecular flexibility index (Phi) is 6.86. The van der Waals surface area contributed by atoms with E-state index in [1.165, 1.54) is 0 Å². The van der Waals surface area contributed by atoms with Crippen LogP contribution in [-0.4, -0.2) is 47.7 Å². The van der Waals surface area contributed by atoms with Gasteiger partial charge in [-0.15, -0.1) is 11.3 Å². The number of urea groups is 1. The average Bonchev–Trinajstić information content (AvgIpc) is 3.08. The number of nitrogens with one attached hydrogen (secondary N) is 2. The van der Waals surface area contributed by atoms with Crippen LogP contribution in [0.3, 0.4) is 0 Å². The van der Waals surface area contributed by atoms with E-state index >= 15 is 0 Å². The highest BCUT2D eigenvalue weighted by atomic mass is 32.1. The Morgan fingerprint density at radius 3 is 2.64 bits per heavy atom. The van der Waals surface area contributed by atoms with Crippen LogP contribution in [0.5, 0.6) is 0 Å². The Morgan fingerprint density at radius 2 is 1.96 bits per heavy atom. The van der Waals surface area contributed by atoms with Gasteiger partial charge in [-0.25, -0.2) is 14.6 Å². The van der Waals surface area contributed by atoms with E-state index in [-0.39, 0.29) is 18.2 Å². The molecule has 0 atom stereocenters. The van der Waals surface area contributed by atoms with Crippen molar-refractivity contribution in [3.05, 3.63) is 40.9 Å². The quantitative estimate of drug-likeness (QED) is 0.801. The van der Waals surface area contributed by atoms with Crippen LogP contribution >= 0.6 is 11.3 Å². The predicted molar refractivity (Wildman–Crippen MR) is 109 cm³/mol. The smallest absolute Gasteiger partial charge is 0.409 e. The summed E-state index contributed by atoms with van der Waals surface area (Å²) < 4.78 is 5.01. The third kappa shape index (κ3) is 5.22. The number of hydrogen-bond acceptors (Lipinski definition) is 5. The molecular weight excluding hydrogens is 376 g/mol. The van der Waals surface area contributed by atoms with Crippen LogP contribution in [0.4, 0.5) is 9.59 Å². The second-order valence-electron chi connectivity index (χ2n) is 6.68. The summed E-state index contributed by atoms with van der Waals surface area (Å²) in [5.74, 6) is 0. The molecular formula is C20H26N4O3S. The van der Waals surface area contributed by atoms with Crippen LogP contribution in [0.1, 0.15) is 30.3 Å². The van der Waals surface area contributed by atoms with Crippen molar-refractivity contribution in [3.8, 4) is 10.6 Å². The molecule has 1 aromatic heterocycles. The summed E-state index contributed by atoms with van der Waals surface area (Å²) in [6.07, 6.45) is 1.17. The topological polar surface area (TPSA) is 83.6 Å². The molecule has 1 aromatic carbocycles. The molecule has 2 heterocycles. The number of aryl methyl sites for hydroxylation is 1. The average molecular weight is 403 g/mol. The lowest BCUT2D eigenvalue weighted by atomic mass is 10.1. The third-order valence-corrected chi connectivity index (χ3v) is 5.89. The number of carbonyl (C=O) groups is 2. The number of nitrogens with zero attached hydrogens (tertiary/aromatic N) is 2. The summed E-state index contributed by atoms with van der Waals surface area (Å²) in [5.41, 5.74) is 2.02. The first-order valence-electron chi connectivity index (χ1n) is 9.54. The van der Waals surface area contributed by atoms with Crippen molar-refractivity contribution in [2.24, 2.45) is 0 Å². The van der Waals surface area contributed by atoms with Crippen molar-refractivity contribution in [2.45, 2.75) is 39.3 Å². The number of rotatable bonds is 5. The van der Waals surface area contributed by atoms with Crippen molar-refractivity contribution in [1.29, 1.82) is 0 Å². The maximum absolute atomic E-state index is 12.2. The highest BCUT2D eigenvalue weighted by molar-refractivity contribution is 7.15. The molecule has 0 spiro atoms. The summed E-state index contributed by atoms with van der Waals surface area (Å²) in [4.78, 5) is 31.3. The van der Waals surface area contributed by atoms with E-state index in [9.17, 15) is 9.59 Å². The molecule has 1 saturated heterocycles. The lowest BCUT2D eigenvalue weighted by molar-refractivity contribution is 0.0957. The van der Waals surface area contributed by atoms with Gasteiger partial charge in [-0.1, -0.05) is 30.3 Å². The van der Waals surface area contributed by atoms with Crippen LogP contribution in [-0.2, 0) is 11.3 Å². The van der Waals surface area contributed by atoms with E-state index in [0.717, 1.165) is 34.0 Å². The van der Waals surface area contributed by atoms with E-state index in [4.69, 9.17) is 4.74 Å². The lowest BCUT2D eigenvalue weighted by Crippen LogP contribution is -2.49. The summed E-state index contributed by atoms with van der Waals surface area (Å²) >= 11 is 1.60. The largest absolute Gasteiger partial charge is 0.450 e. The van der Waals surface area contributed by atoms with Gasteiger partial charge in [-0.3, -0.25) is 0 Å². The molecule has 1 fully saturated rings. The number of likely N-dealkylation sites (tertiary alicyclic amines) is 1. The van der Waals surface area contributed by atoms with Crippen molar-refractivity contribution in [2.75, 3.05) is 19.7 Å². The molecule has 1 aliphatic heterocycles. The van der Waals surface area contributed by atoms with Gasteiger partial charge in [0.1, 0.15) is 5.01 Å². The standard InChI is InChI=1S/C20H26N4O3S/c1-3-27-20(26)24-11-9-16(10-12-24)23-19(25)21-13-17-14(2)22-18(28-17)15-7-5-4-6-8-15/h4-8,16H,3,9-13H2,1-2H3,(H2,21,23,25). The molecule has 2 aromatic rings. The second-order valence-corrected chi connectivity index (χ2v) is 7.76. The molecule has 7 nitrogen and oxygen atoms in total. The summed E-state index contributed by atoms with van der Waals surface area (Å²) in [5, 5.41) is 6.88. The molecule has 0 radical (unpaired) electrons. The van der Waals surface area contributed by atoms with Gasteiger partial charge in [0.15, 0.2) is 0 Å².